The van der Waals surface area contributed by atoms with Crippen molar-refractivity contribution in [2.45, 2.75) is 39.0 Å². The highest BCUT2D eigenvalue weighted by atomic mass is 16.5. The number of ether oxygens (including phenoxy) is 1. The van der Waals surface area contributed by atoms with Gasteiger partial charge in [0.1, 0.15) is 5.78 Å². The fraction of sp³-hybridized carbons (Fsp3) is 0.500. The topological polar surface area (TPSA) is 60.4 Å². The molecule has 0 N–H and O–H groups in total. The third-order valence-corrected chi connectivity index (χ3v) is 4.16. The van der Waals surface area contributed by atoms with Crippen LogP contribution < -0.4 is 0 Å². The average Bonchev–Trinajstić information content (AvgIpc) is 2.52. The van der Waals surface area contributed by atoms with Crippen molar-refractivity contribution in [1.29, 1.82) is 0 Å². The van der Waals surface area contributed by atoms with E-state index in [1.54, 1.807) is 19.1 Å². The van der Waals surface area contributed by atoms with E-state index in [1.807, 2.05) is 18.2 Å². The van der Waals surface area contributed by atoms with E-state index >= 15 is 0 Å². The van der Waals surface area contributed by atoms with Crippen molar-refractivity contribution in [3.05, 3.63) is 35.9 Å². The highest BCUT2D eigenvalue weighted by Crippen LogP contribution is 2.31. The zero-order valence-electron chi connectivity index (χ0n) is 12.9. The number of carbonyl (C=O) groups is 3. The maximum atomic E-state index is 12.5. The molecular formula is C18H22O4. The normalized spacial score (nSPS) is 21.4. The summed E-state index contributed by atoms with van der Waals surface area (Å²) in [5.74, 6) is -0.836. The van der Waals surface area contributed by atoms with Crippen molar-refractivity contribution in [2.24, 2.45) is 11.8 Å². The number of rotatable bonds is 6. The van der Waals surface area contributed by atoms with Crippen molar-refractivity contribution >= 4 is 17.5 Å². The van der Waals surface area contributed by atoms with Crippen LogP contribution in [-0.2, 0) is 14.3 Å². The largest absolute Gasteiger partial charge is 0.466 e. The predicted octanol–water partition coefficient (Wildman–Crippen LogP) is 3.20. The molecule has 2 unspecified atom stereocenters. The number of esters is 1. The molecule has 1 aliphatic carbocycles. The van der Waals surface area contributed by atoms with Crippen molar-refractivity contribution < 1.29 is 19.1 Å². The molecule has 2 rings (SSSR count). The van der Waals surface area contributed by atoms with E-state index in [4.69, 9.17) is 4.74 Å². The van der Waals surface area contributed by atoms with Gasteiger partial charge in [0.15, 0.2) is 5.78 Å². The van der Waals surface area contributed by atoms with Gasteiger partial charge in [-0.25, -0.2) is 0 Å². The third-order valence-electron chi connectivity index (χ3n) is 4.16. The van der Waals surface area contributed by atoms with Gasteiger partial charge in [0.25, 0.3) is 0 Å². The van der Waals surface area contributed by atoms with E-state index in [9.17, 15) is 14.4 Å². The van der Waals surface area contributed by atoms with Crippen LogP contribution in [0, 0.1) is 11.8 Å². The monoisotopic (exact) mass is 302 g/mol. The summed E-state index contributed by atoms with van der Waals surface area (Å²) in [4.78, 5) is 36.3. The van der Waals surface area contributed by atoms with Gasteiger partial charge in [0, 0.05) is 23.8 Å². The summed E-state index contributed by atoms with van der Waals surface area (Å²) in [6.07, 6.45) is 2.71. The maximum absolute atomic E-state index is 12.5. The predicted molar refractivity (Wildman–Crippen MR) is 82.5 cm³/mol. The number of Topliss-reactive ketones (excluding diaryl/α,β-unsaturated/α-hetero) is 2. The number of benzene rings is 1. The van der Waals surface area contributed by atoms with Crippen LogP contribution in [0.25, 0.3) is 0 Å². The summed E-state index contributed by atoms with van der Waals surface area (Å²) in [6, 6.07) is 9.04. The standard InChI is InChI=1S/C18H22O4/c1-2-22-17(20)12-15-10-6-9-14(18(15)21)11-16(19)13-7-4-3-5-8-13/h3-5,7-8,14-15H,2,6,9-12H2,1H3. The Morgan fingerprint density at radius 1 is 1.09 bits per heavy atom. The van der Waals surface area contributed by atoms with Crippen LogP contribution in [0.2, 0.25) is 0 Å². The van der Waals surface area contributed by atoms with Crippen molar-refractivity contribution in [3.63, 3.8) is 0 Å². The van der Waals surface area contributed by atoms with Crippen LogP contribution in [0.4, 0.5) is 0 Å². The Morgan fingerprint density at radius 2 is 1.73 bits per heavy atom. The number of hydrogen-bond donors (Lipinski definition) is 0. The second-order valence-electron chi connectivity index (χ2n) is 5.73. The minimum atomic E-state index is -0.323. The first-order valence-electron chi connectivity index (χ1n) is 7.89. The second kappa shape index (κ2) is 7.87. The van der Waals surface area contributed by atoms with Crippen LogP contribution in [0.3, 0.4) is 0 Å². The first kappa shape index (κ1) is 16.4. The molecule has 4 heteroatoms. The Bertz CT molecular complexity index is 535. The molecule has 118 valence electrons. The Morgan fingerprint density at radius 3 is 2.36 bits per heavy atom. The SMILES string of the molecule is CCOC(=O)CC1CCCC(CC(=O)c2ccccc2)C1=O. The van der Waals surface area contributed by atoms with Crippen LogP contribution in [0.5, 0.6) is 0 Å². The minimum absolute atomic E-state index is 0.00395. The molecule has 0 spiro atoms. The van der Waals surface area contributed by atoms with Crippen LogP contribution in [0.1, 0.15) is 49.4 Å². The van der Waals surface area contributed by atoms with Gasteiger partial charge in [-0.1, -0.05) is 36.8 Å². The van der Waals surface area contributed by atoms with Gasteiger partial charge < -0.3 is 4.74 Å². The van der Waals surface area contributed by atoms with Crippen molar-refractivity contribution in [1.82, 2.24) is 0 Å². The van der Waals surface area contributed by atoms with Gasteiger partial charge in [-0.3, -0.25) is 14.4 Å². The fourth-order valence-corrected chi connectivity index (χ4v) is 3.02. The molecule has 4 nitrogen and oxygen atoms in total. The molecule has 0 aromatic heterocycles. The zero-order valence-corrected chi connectivity index (χ0v) is 12.9. The average molecular weight is 302 g/mol. The molecule has 0 saturated heterocycles. The van der Waals surface area contributed by atoms with Gasteiger partial charge in [-0.15, -0.1) is 0 Å². The summed E-state index contributed by atoms with van der Waals surface area (Å²) in [6.45, 7) is 2.08. The molecule has 0 amide bonds. The molecular weight excluding hydrogens is 280 g/mol. The summed E-state index contributed by atoms with van der Waals surface area (Å²) >= 11 is 0. The quantitative estimate of drug-likeness (QED) is 0.598. The van der Waals surface area contributed by atoms with Crippen molar-refractivity contribution in [3.8, 4) is 0 Å². The van der Waals surface area contributed by atoms with Gasteiger partial charge in [0.2, 0.25) is 0 Å². The van der Waals surface area contributed by atoms with Gasteiger partial charge in [0.05, 0.1) is 13.0 Å². The van der Waals surface area contributed by atoms with Gasteiger partial charge in [-0.2, -0.15) is 0 Å². The Kier molecular flexibility index (Phi) is 5.87. The molecule has 1 aromatic rings. The highest BCUT2D eigenvalue weighted by molar-refractivity contribution is 5.99. The number of carbonyl (C=O) groups excluding carboxylic acids is 3. The summed E-state index contributed by atoms with van der Waals surface area (Å²) in [5, 5.41) is 0. The number of ketones is 2. The molecule has 1 aliphatic rings. The molecule has 22 heavy (non-hydrogen) atoms. The lowest BCUT2D eigenvalue weighted by Gasteiger charge is -2.26. The van der Waals surface area contributed by atoms with Crippen LogP contribution in [-0.4, -0.2) is 24.1 Å². The Labute approximate surface area is 130 Å². The van der Waals surface area contributed by atoms with Crippen LogP contribution in [0.15, 0.2) is 30.3 Å². The lowest BCUT2D eigenvalue weighted by Crippen LogP contribution is -2.32. The molecule has 1 aromatic carbocycles. The summed E-state index contributed by atoms with van der Waals surface area (Å²) in [7, 11) is 0. The lowest BCUT2D eigenvalue weighted by atomic mass is 9.76. The molecule has 1 saturated carbocycles. The zero-order chi connectivity index (χ0) is 15.9. The van der Waals surface area contributed by atoms with E-state index < -0.39 is 0 Å². The second-order valence-corrected chi connectivity index (χ2v) is 5.73. The van der Waals surface area contributed by atoms with Crippen molar-refractivity contribution in [2.75, 3.05) is 6.61 Å². The van der Waals surface area contributed by atoms with E-state index in [1.165, 1.54) is 0 Å². The summed E-state index contributed by atoms with van der Waals surface area (Å²) in [5.41, 5.74) is 0.641. The Hall–Kier alpha value is -1.97. The fourth-order valence-electron chi connectivity index (χ4n) is 3.02. The molecule has 0 aliphatic heterocycles. The van der Waals surface area contributed by atoms with E-state index in [-0.39, 0.29) is 42.2 Å². The van der Waals surface area contributed by atoms with Gasteiger partial charge >= 0.3 is 5.97 Å². The molecule has 1 fully saturated rings. The first-order chi connectivity index (χ1) is 10.6. The molecule has 0 radical (unpaired) electrons. The first-order valence-corrected chi connectivity index (χ1v) is 7.89. The molecule has 2 atom stereocenters. The number of hydrogen-bond acceptors (Lipinski definition) is 4. The smallest absolute Gasteiger partial charge is 0.306 e. The molecule has 0 bridgehead atoms. The summed E-state index contributed by atoms with van der Waals surface area (Å²) < 4.78 is 4.92. The van der Waals surface area contributed by atoms with Gasteiger partial charge in [-0.05, 0) is 19.8 Å². The third kappa shape index (κ3) is 4.26. The lowest BCUT2D eigenvalue weighted by molar-refractivity contribution is -0.147. The minimum Gasteiger partial charge on any atom is -0.466 e. The Balaban J connectivity index is 1.95. The highest BCUT2D eigenvalue weighted by Gasteiger charge is 2.34. The molecule has 0 heterocycles. The van der Waals surface area contributed by atoms with E-state index in [0.717, 1.165) is 12.8 Å². The van der Waals surface area contributed by atoms with Crippen LogP contribution >= 0.6 is 0 Å². The van der Waals surface area contributed by atoms with E-state index in [2.05, 4.69) is 0 Å². The van der Waals surface area contributed by atoms with E-state index in [0.29, 0.717) is 18.6 Å². The maximum Gasteiger partial charge on any atom is 0.306 e.